The van der Waals surface area contributed by atoms with E-state index >= 15 is 0 Å². The van der Waals surface area contributed by atoms with Gasteiger partial charge in [0.1, 0.15) is 12.1 Å². The Balaban J connectivity index is 1.21. The molecule has 9 rings (SSSR count). The van der Waals surface area contributed by atoms with Gasteiger partial charge in [-0.25, -0.2) is 0 Å². The molecular formula is C44H26N4. The Kier molecular flexibility index (Phi) is 6.22. The van der Waals surface area contributed by atoms with Gasteiger partial charge in [0.05, 0.1) is 38.9 Å². The summed E-state index contributed by atoms with van der Waals surface area (Å²) >= 11 is 0. The van der Waals surface area contributed by atoms with Gasteiger partial charge in [-0.15, -0.1) is 0 Å². The average molecular weight is 611 g/mol. The zero-order chi connectivity index (χ0) is 32.2. The minimum absolute atomic E-state index is 0.359. The standard InChI is InChI=1S/C44H26N4/c45-27-32-22-24-34(44(39(32)28-46)48-41-16-8-4-12-35(41)36-13-5-9-17-42(36)48)30-20-18-29(19-21-30)31-23-25-43-38(26-31)37-14-6-7-15-40(37)47(43)33-10-2-1-3-11-33/h1-26H. The number of rotatable bonds is 4. The van der Waals surface area contributed by atoms with Gasteiger partial charge >= 0.3 is 0 Å². The first kappa shape index (κ1) is 27.4. The normalized spacial score (nSPS) is 11.3. The number of nitrogens with zero attached hydrogens (tertiary/aromatic N) is 4. The maximum Gasteiger partial charge on any atom is 0.103 e. The van der Waals surface area contributed by atoms with E-state index in [2.05, 4.69) is 137 Å². The van der Waals surface area contributed by atoms with Crippen LogP contribution in [0.1, 0.15) is 11.1 Å². The Morgan fingerprint density at radius 2 is 0.917 bits per heavy atom. The van der Waals surface area contributed by atoms with E-state index in [9.17, 15) is 10.5 Å². The molecule has 0 saturated carbocycles. The van der Waals surface area contributed by atoms with Crippen molar-refractivity contribution >= 4 is 43.6 Å². The smallest absolute Gasteiger partial charge is 0.103 e. The van der Waals surface area contributed by atoms with Crippen LogP contribution in [0.25, 0.3) is 77.2 Å². The van der Waals surface area contributed by atoms with Crippen LogP contribution >= 0.6 is 0 Å². The second-order valence-electron chi connectivity index (χ2n) is 12.0. The fourth-order valence-corrected chi connectivity index (χ4v) is 7.28. The lowest BCUT2D eigenvalue weighted by molar-refractivity contribution is 1.16. The molecule has 0 bridgehead atoms. The molecule has 0 N–H and O–H groups in total. The van der Waals surface area contributed by atoms with Gasteiger partial charge in [-0.05, 0) is 65.2 Å². The van der Waals surface area contributed by atoms with Gasteiger partial charge in [-0.3, -0.25) is 0 Å². The van der Waals surface area contributed by atoms with Gasteiger partial charge in [-0.1, -0.05) is 109 Å². The molecule has 2 aromatic heterocycles. The second kappa shape index (κ2) is 10.9. The van der Waals surface area contributed by atoms with Crippen molar-refractivity contribution in [3.63, 3.8) is 0 Å². The quantitative estimate of drug-likeness (QED) is 0.199. The predicted molar refractivity (Wildman–Crippen MR) is 195 cm³/mol. The van der Waals surface area contributed by atoms with Crippen LogP contribution in [0.4, 0.5) is 0 Å². The number of aromatic nitrogens is 2. The molecule has 2 heterocycles. The fourth-order valence-electron chi connectivity index (χ4n) is 7.28. The van der Waals surface area contributed by atoms with E-state index < -0.39 is 0 Å². The molecule has 0 atom stereocenters. The van der Waals surface area contributed by atoms with Crippen LogP contribution in [0.15, 0.2) is 158 Å². The molecule has 0 unspecified atom stereocenters. The number of fused-ring (bicyclic) bond motifs is 6. The summed E-state index contributed by atoms with van der Waals surface area (Å²) in [6.45, 7) is 0. The summed E-state index contributed by atoms with van der Waals surface area (Å²) in [7, 11) is 0. The molecule has 0 radical (unpaired) electrons. The minimum Gasteiger partial charge on any atom is -0.309 e. The lowest BCUT2D eigenvalue weighted by Gasteiger charge is -2.17. The minimum atomic E-state index is 0.359. The van der Waals surface area contributed by atoms with E-state index in [-0.39, 0.29) is 0 Å². The van der Waals surface area contributed by atoms with E-state index in [1.807, 2.05) is 36.4 Å². The van der Waals surface area contributed by atoms with Gasteiger partial charge < -0.3 is 9.13 Å². The van der Waals surface area contributed by atoms with Gasteiger partial charge in [0.2, 0.25) is 0 Å². The summed E-state index contributed by atoms with van der Waals surface area (Å²) in [6, 6.07) is 59.1. The Morgan fingerprint density at radius 3 is 1.54 bits per heavy atom. The largest absolute Gasteiger partial charge is 0.309 e. The highest BCUT2D eigenvalue weighted by Gasteiger charge is 2.21. The van der Waals surface area contributed by atoms with Crippen LogP contribution in [-0.2, 0) is 0 Å². The third-order valence-electron chi connectivity index (χ3n) is 9.43. The fraction of sp³-hybridized carbons (Fsp3) is 0. The highest BCUT2D eigenvalue weighted by Crippen LogP contribution is 2.40. The van der Waals surface area contributed by atoms with Crippen molar-refractivity contribution in [2.75, 3.05) is 0 Å². The van der Waals surface area contributed by atoms with Crippen LogP contribution in [0.3, 0.4) is 0 Å². The summed E-state index contributed by atoms with van der Waals surface area (Å²) in [5.41, 5.74) is 11.0. The maximum absolute atomic E-state index is 10.5. The zero-order valence-corrected chi connectivity index (χ0v) is 25.8. The zero-order valence-electron chi connectivity index (χ0n) is 25.8. The van der Waals surface area contributed by atoms with Crippen LogP contribution in [0.5, 0.6) is 0 Å². The van der Waals surface area contributed by atoms with Crippen molar-refractivity contribution in [3.8, 4) is 45.8 Å². The monoisotopic (exact) mass is 610 g/mol. The molecule has 0 saturated heterocycles. The predicted octanol–water partition coefficient (Wildman–Crippen LogP) is 11.0. The summed E-state index contributed by atoms with van der Waals surface area (Å²) in [5.74, 6) is 0. The van der Waals surface area contributed by atoms with E-state index in [0.29, 0.717) is 11.1 Å². The van der Waals surface area contributed by atoms with Crippen molar-refractivity contribution in [1.29, 1.82) is 10.5 Å². The molecule has 0 aliphatic rings. The summed E-state index contributed by atoms with van der Waals surface area (Å²) in [6.07, 6.45) is 0. The second-order valence-corrected chi connectivity index (χ2v) is 12.0. The SMILES string of the molecule is N#Cc1ccc(-c2ccc(-c3ccc4c(c3)c3ccccc3n4-c3ccccc3)cc2)c(-n2c3ccccc3c3ccccc32)c1C#N. The van der Waals surface area contributed by atoms with Gasteiger partial charge in [0, 0.05) is 32.8 Å². The molecule has 9 aromatic rings. The number of nitriles is 2. The van der Waals surface area contributed by atoms with Gasteiger partial charge in [0.15, 0.2) is 0 Å². The number of hydrogen-bond acceptors (Lipinski definition) is 2. The molecule has 0 fully saturated rings. The summed E-state index contributed by atoms with van der Waals surface area (Å²) < 4.78 is 4.47. The molecule has 0 aliphatic heterocycles. The molecule has 4 heteroatoms. The molecule has 0 spiro atoms. The highest BCUT2D eigenvalue weighted by atomic mass is 15.0. The Labute approximate surface area is 277 Å². The Hall–Kier alpha value is -6.88. The first-order valence-electron chi connectivity index (χ1n) is 15.9. The lowest BCUT2D eigenvalue weighted by Crippen LogP contribution is -2.03. The maximum atomic E-state index is 10.5. The third kappa shape index (κ3) is 4.07. The number of benzene rings is 7. The Bertz CT molecular complexity index is 2730. The van der Waals surface area contributed by atoms with Crippen LogP contribution < -0.4 is 0 Å². The third-order valence-corrected chi connectivity index (χ3v) is 9.43. The van der Waals surface area contributed by atoms with E-state index in [1.165, 1.54) is 21.8 Å². The molecular weight excluding hydrogens is 585 g/mol. The van der Waals surface area contributed by atoms with E-state index in [1.54, 1.807) is 6.07 Å². The Morgan fingerprint density at radius 1 is 0.396 bits per heavy atom. The van der Waals surface area contributed by atoms with Crippen molar-refractivity contribution < 1.29 is 0 Å². The van der Waals surface area contributed by atoms with Crippen molar-refractivity contribution in [3.05, 3.63) is 169 Å². The first-order chi connectivity index (χ1) is 23.7. The van der Waals surface area contributed by atoms with Crippen LogP contribution in [-0.4, -0.2) is 9.13 Å². The van der Waals surface area contributed by atoms with Crippen molar-refractivity contribution in [2.45, 2.75) is 0 Å². The van der Waals surface area contributed by atoms with Crippen molar-refractivity contribution in [2.24, 2.45) is 0 Å². The van der Waals surface area contributed by atoms with E-state index in [4.69, 9.17) is 0 Å². The van der Waals surface area contributed by atoms with Crippen molar-refractivity contribution in [1.82, 2.24) is 9.13 Å². The summed E-state index contributed by atoms with van der Waals surface area (Å²) in [4.78, 5) is 0. The molecule has 0 amide bonds. The number of para-hydroxylation sites is 4. The molecule has 222 valence electrons. The lowest BCUT2D eigenvalue weighted by atomic mass is 9.94. The topological polar surface area (TPSA) is 57.4 Å². The van der Waals surface area contributed by atoms with Crippen LogP contribution in [0, 0.1) is 22.7 Å². The summed E-state index contributed by atoms with van der Waals surface area (Å²) in [5, 5.41) is 25.1. The van der Waals surface area contributed by atoms with Gasteiger partial charge in [-0.2, -0.15) is 10.5 Å². The molecule has 4 nitrogen and oxygen atoms in total. The molecule has 7 aromatic carbocycles. The molecule has 0 aliphatic carbocycles. The van der Waals surface area contributed by atoms with Gasteiger partial charge in [0.25, 0.3) is 0 Å². The average Bonchev–Trinajstić information content (AvgIpc) is 3.67. The van der Waals surface area contributed by atoms with E-state index in [0.717, 1.165) is 55.4 Å². The first-order valence-corrected chi connectivity index (χ1v) is 15.9. The highest BCUT2D eigenvalue weighted by molar-refractivity contribution is 6.11. The van der Waals surface area contributed by atoms with Crippen LogP contribution in [0.2, 0.25) is 0 Å². The molecule has 48 heavy (non-hydrogen) atoms. The number of hydrogen-bond donors (Lipinski definition) is 0.